The molecule has 0 radical (unpaired) electrons. The van der Waals surface area contributed by atoms with Crippen molar-refractivity contribution in [3.8, 4) is 22.5 Å². The van der Waals surface area contributed by atoms with Gasteiger partial charge in [-0.1, -0.05) is 239 Å². The van der Waals surface area contributed by atoms with E-state index in [1.807, 2.05) is 75.5 Å². The molecule has 270 valence electrons. The Labute approximate surface area is 315 Å². The third kappa shape index (κ3) is 10.8. The summed E-state index contributed by atoms with van der Waals surface area (Å²) in [4.78, 5) is 0. The number of aromatic nitrogens is 1. The van der Waals surface area contributed by atoms with Crippen LogP contribution in [-0.4, -0.2) is 10.9 Å². The molecule has 7 aromatic rings. The number of fused-ring (bicyclic) bond motifs is 1. The van der Waals surface area contributed by atoms with Crippen molar-refractivity contribution in [2.45, 2.75) is 75.2 Å². The Bertz CT molecular complexity index is 1820. The van der Waals surface area contributed by atoms with Crippen LogP contribution in [0.5, 0.6) is 0 Å². The van der Waals surface area contributed by atoms with Gasteiger partial charge < -0.3 is 0 Å². The quantitative estimate of drug-likeness (QED) is 0.117. The number of hydrogen-bond donors (Lipinski definition) is 0. The zero-order valence-corrected chi connectivity index (χ0v) is 33.2. The summed E-state index contributed by atoms with van der Waals surface area (Å²) in [5.74, 6) is 0.169. The summed E-state index contributed by atoms with van der Waals surface area (Å²) in [6.07, 6.45) is 1.97. The highest BCUT2D eigenvalue weighted by atomic mass is 15.4. The molecule has 1 aromatic heterocycles. The van der Waals surface area contributed by atoms with E-state index < -0.39 is 0 Å². The Morgan fingerprint density at radius 3 is 1.04 bits per heavy atom. The van der Waals surface area contributed by atoms with E-state index in [0.29, 0.717) is 0 Å². The van der Waals surface area contributed by atoms with E-state index in [1.54, 1.807) is 0 Å². The van der Waals surface area contributed by atoms with Crippen molar-refractivity contribution in [2.75, 3.05) is 0 Å². The molecule has 0 bridgehead atoms. The molecule has 0 unspecified atom stereocenters. The SMILES string of the molecule is C(=Nn1c(-c2ccccc2)c2ccccc2c1-c1ccccc1)c1ccc(C(c2ccccc2)c2ccccc2)cc1.CC.CC.CC.CC.CC. The van der Waals surface area contributed by atoms with Crippen LogP contribution in [0, 0.1) is 0 Å². The average molecular weight is 689 g/mol. The standard InChI is InChI=1S/C40H30N2.5C2H6/c1-5-15-31(16-6-1)38(32-17-7-2-8-18-32)33-27-25-30(26-28-33)29-41-42-39(34-19-9-3-10-20-34)36-23-13-14-24-37(36)40(42)35-21-11-4-12-22-35;5*1-2/h1-29,38H;5*1-2H3. The highest BCUT2D eigenvalue weighted by molar-refractivity contribution is 6.05. The van der Waals surface area contributed by atoms with Crippen LogP contribution in [0.25, 0.3) is 33.3 Å². The van der Waals surface area contributed by atoms with Crippen LogP contribution >= 0.6 is 0 Å². The highest BCUT2D eigenvalue weighted by Crippen LogP contribution is 2.39. The molecule has 0 spiro atoms. The van der Waals surface area contributed by atoms with Gasteiger partial charge >= 0.3 is 0 Å². The first-order chi connectivity index (χ1) is 25.9. The maximum Gasteiger partial charge on any atom is 0.0804 e. The molecule has 7 rings (SSSR count). The smallest absolute Gasteiger partial charge is 0.0804 e. The Kier molecular flexibility index (Phi) is 20.2. The van der Waals surface area contributed by atoms with Crippen LogP contribution in [0.3, 0.4) is 0 Å². The topological polar surface area (TPSA) is 17.3 Å². The second kappa shape index (κ2) is 24.6. The molecule has 2 heteroatoms. The van der Waals surface area contributed by atoms with Crippen LogP contribution < -0.4 is 0 Å². The molecule has 1 heterocycles. The van der Waals surface area contributed by atoms with Crippen molar-refractivity contribution in [1.29, 1.82) is 0 Å². The molecule has 0 aliphatic rings. The monoisotopic (exact) mass is 688 g/mol. The Morgan fingerprint density at radius 1 is 0.365 bits per heavy atom. The molecular weight excluding hydrogens is 629 g/mol. The van der Waals surface area contributed by atoms with E-state index in [-0.39, 0.29) is 5.92 Å². The van der Waals surface area contributed by atoms with Gasteiger partial charge in [0, 0.05) is 27.8 Å². The third-order valence-electron chi connectivity index (χ3n) is 7.81. The summed E-state index contributed by atoms with van der Waals surface area (Å²) in [5.41, 5.74) is 9.32. The zero-order chi connectivity index (χ0) is 38.1. The van der Waals surface area contributed by atoms with Crippen molar-refractivity contribution in [2.24, 2.45) is 5.10 Å². The van der Waals surface area contributed by atoms with Gasteiger partial charge in [-0.05, 0) is 22.3 Å². The fraction of sp³-hybridized carbons (Fsp3) is 0.220. The van der Waals surface area contributed by atoms with E-state index in [1.165, 1.54) is 27.5 Å². The summed E-state index contributed by atoms with van der Waals surface area (Å²) in [6, 6.07) is 59.9. The largest absolute Gasteiger partial charge is 0.231 e. The Morgan fingerprint density at radius 2 is 0.673 bits per heavy atom. The van der Waals surface area contributed by atoms with Gasteiger partial charge in [-0.3, -0.25) is 0 Å². The predicted molar refractivity (Wildman–Crippen MR) is 233 cm³/mol. The average Bonchev–Trinajstić information content (AvgIpc) is 3.60. The summed E-state index contributed by atoms with van der Waals surface area (Å²) < 4.78 is 2.11. The first-order valence-corrected chi connectivity index (χ1v) is 19.4. The lowest BCUT2D eigenvalue weighted by atomic mass is 9.85. The van der Waals surface area contributed by atoms with Crippen molar-refractivity contribution in [3.63, 3.8) is 0 Å². The second-order valence-electron chi connectivity index (χ2n) is 10.5. The lowest BCUT2D eigenvalue weighted by Gasteiger charge is -2.19. The van der Waals surface area contributed by atoms with Gasteiger partial charge in [0.15, 0.2) is 0 Å². The number of benzene rings is 6. The lowest BCUT2D eigenvalue weighted by Crippen LogP contribution is -2.03. The van der Waals surface area contributed by atoms with E-state index in [2.05, 4.69) is 175 Å². The van der Waals surface area contributed by atoms with Gasteiger partial charge in [-0.25, -0.2) is 4.68 Å². The van der Waals surface area contributed by atoms with Gasteiger partial charge in [-0.15, -0.1) is 0 Å². The molecule has 0 aliphatic carbocycles. The molecule has 0 saturated heterocycles. The van der Waals surface area contributed by atoms with Gasteiger partial charge in [0.2, 0.25) is 0 Å². The Hall–Kier alpha value is -5.47. The molecule has 0 atom stereocenters. The van der Waals surface area contributed by atoms with E-state index in [0.717, 1.165) is 28.1 Å². The minimum atomic E-state index is 0.169. The molecule has 0 N–H and O–H groups in total. The van der Waals surface area contributed by atoms with Gasteiger partial charge in [0.1, 0.15) is 0 Å². The first kappa shape index (κ1) is 42.7. The second-order valence-corrected chi connectivity index (χ2v) is 10.5. The van der Waals surface area contributed by atoms with E-state index in [4.69, 9.17) is 5.10 Å². The summed E-state index contributed by atoms with van der Waals surface area (Å²) in [7, 11) is 0. The maximum absolute atomic E-state index is 5.15. The fourth-order valence-corrected chi connectivity index (χ4v) is 5.87. The van der Waals surface area contributed by atoms with Crippen LogP contribution in [-0.2, 0) is 0 Å². The first-order valence-electron chi connectivity index (χ1n) is 19.4. The van der Waals surface area contributed by atoms with Gasteiger partial charge in [0.25, 0.3) is 0 Å². The lowest BCUT2D eigenvalue weighted by molar-refractivity contribution is 0.917. The van der Waals surface area contributed by atoms with Crippen LogP contribution in [0.2, 0.25) is 0 Å². The summed E-state index contributed by atoms with van der Waals surface area (Å²) in [5, 5.41) is 7.52. The molecule has 52 heavy (non-hydrogen) atoms. The van der Waals surface area contributed by atoms with Crippen LogP contribution in [0.15, 0.2) is 175 Å². The van der Waals surface area contributed by atoms with E-state index in [9.17, 15) is 0 Å². The molecule has 2 nitrogen and oxygen atoms in total. The van der Waals surface area contributed by atoms with E-state index >= 15 is 0 Å². The Balaban J connectivity index is 0.000000866. The normalized spacial score (nSPS) is 9.83. The number of nitrogens with zero attached hydrogens (tertiary/aromatic N) is 2. The molecule has 0 saturated carbocycles. The van der Waals surface area contributed by atoms with Crippen LogP contribution in [0.4, 0.5) is 0 Å². The predicted octanol–water partition coefficient (Wildman–Crippen LogP) is 15.2. The number of rotatable bonds is 7. The van der Waals surface area contributed by atoms with Crippen molar-refractivity contribution < 1.29 is 0 Å². The molecule has 0 aliphatic heterocycles. The molecule has 6 aromatic carbocycles. The van der Waals surface area contributed by atoms with Gasteiger partial charge in [-0.2, -0.15) is 5.10 Å². The van der Waals surface area contributed by atoms with Gasteiger partial charge in [0.05, 0.1) is 17.6 Å². The zero-order valence-electron chi connectivity index (χ0n) is 33.2. The molecule has 0 amide bonds. The third-order valence-corrected chi connectivity index (χ3v) is 7.81. The van der Waals surface area contributed by atoms with Crippen LogP contribution in [0.1, 0.15) is 97.4 Å². The van der Waals surface area contributed by atoms with Crippen molar-refractivity contribution >= 4 is 17.0 Å². The van der Waals surface area contributed by atoms with Crippen molar-refractivity contribution in [3.05, 3.63) is 192 Å². The highest BCUT2D eigenvalue weighted by Gasteiger charge is 2.19. The minimum Gasteiger partial charge on any atom is -0.231 e. The summed E-state index contributed by atoms with van der Waals surface area (Å²) >= 11 is 0. The molecule has 0 fully saturated rings. The van der Waals surface area contributed by atoms with Crippen molar-refractivity contribution in [1.82, 2.24) is 4.68 Å². The molecular formula is C50H60N2. The minimum absolute atomic E-state index is 0.169. The fourth-order valence-electron chi connectivity index (χ4n) is 5.87. The number of hydrogen-bond acceptors (Lipinski definition) is 1. The summed E-state index contributed by atoms with van der Waals surface area (Å²) in [6.45, 7) is 20.0. The maximum atomic E-state index is 5.15.